The fraction of sp³-hybridized carbons (Fsp3) is 0. The minimum absolute atomic E-state index is 0.237. The van der Waals surface area contributed by atoms with Gasteiger partial charge < -0.3 is 0 Å². The average Bonchev–Trinajstić information content (AvgIpc) is 2.68. The van der Waals surface area contributed by atoms with Crippen LogP contribution in [0, 0.1) is 0 Å². The maximum Gasteiger partial charge on any atom is 0.423 e. The number of nitrogens with zero attached hydrogens (tertiary/aromatic N) is 6. The van der Waals surface area contributed by atoms with Gasteiger partial charge in [-0.05, 0) is 11.1 Å². The summed E-state index contributed by atoms with van der Waals surface area (Å²) in [5.41, 5.74) is -2.06. The Morgan fingerprint density at radius 3 is 0.947 bits per heavy atom. The third-order valence-electron chi connectivity index (χ3n) is 4.98. The second-order valence-electron chi connectivity index (χ2n) is 7.59. The molecule has 2 heterocycles. The molecule has 2 aromatic rings. The van der Waals surface area contributed by atoms with E-state index in [4.69, 9.17) is 0 Å². The van der Waals surface area contributed by atoms with Crippen LogP contribution in [0.15, 0.2) is 98.4 Å². The Kier molecular flexibility index (Phi) is 6.71. The quantitative estimate of drug-likeness (QED) is 0.231. The van der Waals surface area contributed by atoms with Gasteiger partial charge in [0, 0.05) is 11.1 Å². The molecule has 22 heteroatoms. The molecule has 204 valence electrons. The molecule has 0 saturated carbocycles. The van der Waals surface area contributed by atoms with E-state index >= 15 is 8.39 Å². The maximum atomic E-state index is 16.3. The molecule has 0 aromatic heterocycles. The second kappa shape index (κ2) is 9.06. The highest BCUT2D eigenvalue weighted by molar-refractivity contribution is 7.83. The van der Waals surface area contributed by atoms with E-state index in [9.17, 15) is 33.6 Å². The Hall–Kier alpha value is -1.40. The zero-order valence-electron chi connectivity index (χ0n) is 17.9. The van der Waals surface area contributed by atoms with Crippen LogP contribution in [0.4, 0.5) is 42.0 Å². The molecule has 0 N–H and O–H groups in total. The van der Waals surface area contributed by atoms with Crippen molar-refractivity contribution in [2.75, 3.05) is 0 Å². The van der Waals surface area contributed by atoms with Gasteiger partial charge in [0.2, 0.25) is 0 Å². The van der Waals surface area contributed by atoms with Crippen molar-refractivity contribution >= 4 is 57.5 Å². The molecule has 2 aromatic carbocycles. The fourth-order valence-corrected chi connectivity index (χ4v) is 17.0. The highest BCUT2D eigenvalue weighted by atomic mass is 31.3. The second-order valence-corrected chi connectivity index (χ2v) is 18.5. The van der Waals surface area contributed by atoms with E-state index in [1.165, 1.54) is 36.4 Å². The molecule has 0 amide bonds. The van der Waals surface area contributed by atoms with Crippen LogP contribution in [0.1, 0.15) is 11.1 Å². The Balaban J connectivity index is 1.96. The maximum absolute atomic E-state index is 16.3. The summed E-state index contributed by atoms with van der Waals surface area (Å²) in [4.78, 5) is 0. The monoisotopic (exact) mass is 662 g/mol. The van der Waals surface area contributed by atoms with Crippen molar-refractivity contribution in [3.05, 3.63) is 82.4 Å². The van der Waals surface area contributed by atoms with Crippen LogP contribution in [0.5, 0.6) is 0 Å². The molecule has 5 rings (SSSR count). The molecule has 0 fully saturated rings. The number of allylic oxidation sites excluding steroid dienone is 4. The van der Waals surface area contributed by atoms with E-state index in [0.717, 1.165) is 24.3 Å². The minimum atomic E-state index is -6.26. The Morgan fingerprint density at radius 2 is 0.658 bits per heavy atom. The van der Waals surface area contributed by atoms with Crippen LogP contribution >= 0.6 is 46.3 Å². The Labute approximate surface area is 209 Å². The normalized spacial score (nSPS) is 30.4. The average molecular weight is 662 g/mol. The molecular formula is C16H10F10N6P6. The van der Waals surface area contributed by atoms with Crippen LogP contribution in [0.2, 0.25) is 0 Å². The standard InChI is InChI=1S/C16H10F10N6P6/c17-33(27-35(19,20)31-36(21,22)28-33)15-13(11-7-3-1-4-8-11)16(14(15)12-9-5-2-6-10-12)34(18)29-37(23,24)32-38(25,26)30-34/h1-10H. The topological polar surface area (TPSA) is 74.2 Å². The predicted molar refractivity (Wildman–Crippen MR) is 134 cm³/mol. The van der Waals surface area contributed by atoms with Gasteiger partial charge in [-0.25, -0.2) is 0 Å². The van der Waals surface area contributed by atoms with Crippen molar-refractivity contribution in [3.63, 3.8) is 0 Å². The first-order valence-electron chi connectivity index (χ1n) is 9.86. The number of halogens is 10. The van der Waals surface area contributed by atoms with Crippen LogP contribution in [-0.4, -0.2) is 0 Å². The Bertz CT molecular complexity index is 1620. The van der Waals surface area contributed by atoms with Crippen LogP contribution in [0.3, 0.4) is 0 Å². The third-order valence-corrected chi connectivity index (χ3v) is 17.7. The van der Waals surface area contributed by atoms with Crippen LogP contribution < -0.4 is 0 Å². The zero-order valence-corrected chi connectivity index (χ0v) is 23.3. The first kappa shape index (κ1) is 28.1. The van der Waals surface area contributed by atoms with Crippen molar-refractivity contribution in [3.8, 4) is 0 Å². The molecule has 6 nitrogen and oxygen atoms in total. The van der Waals surface area contributed by atoms with Gasteiger partial charge in [0.25, 0.3) is 15.0 Å². The molecule has 0 bridgehead atoms. The van der Waals surface area contributed by atoms with Crippen molar-refractivity contribution in [2.24, 2.45) is 27.1 Å². The van der Waals surface area contributed by atoms with Gasteiger partial charge in [0.05, 0.1) is 10.6 Å². The van der Waals surface area contributed by atoms with Gasteiger partial charge in [-0.2, -0.15) is 26.5 Å². The lowest BCUT2D eigenvalue weighted by atomic mass is 9.88. The largest absolute Gasteiger partial charge is 0.423 e. The molecule has 38 heavy (non-hydrogen) atoms. The van der Waals surface area contributed by atoms with Gasteiger partial charge in [0.15, 0.2) is 0 Å². The van der Waals surface area contributed by atoms with Crippen LogP contribution in [0.25, 0.3) is 11.1 Å². The molecule has 2 aliphatic heterocycles. The van der Waals surface area contributed by atoms with E-state index in [1.54, 1.807) is 0 Å². The summed E-state index contributed by atoms with van der Waals surface area (Å²) in [7, 11) is -36.6. The molecule has 0 radical (unpaired) electrons. The van der Waals surface area contributed by atoms with Crippen LogP contribution in [-0.2, 0) is 0 Å². The van der Waals surface area contributed by atoms with Gasteiger partial charge in [-0.1, -0.05) is 60.7 Å². The molecular weight excluding hydrogens is 652 g/mol. The summed E-state index contributed by atoms with van der Waals surface area (Å²) < 4.78 is 161. The van der Waals surface area contributed by atoms with Crippen molar-refractivity contribution in [1.82, 2.24) is 0 Å². The molecule has 0 spiro atoms. The fourth-order valence-electron chi connectivity index (χ4n) is 3.85. The summed E-state index contributed by atoms with van der Waals surface area (Å²) in [5, 5.41) is -2.07. The highest BCUT2D eigenvalue weighted by Gasteiger charge is 2.53. The van der Waals surface area contributed by atoms with Crippen molar-refractivity contribution in [1.29, 1.82) is 0 Å². The molecule has 2 unspecified atom stereocenters. The first-order valence-corrected chi connectivity index (χ1v) is 18.9. The Morgan fingerprint density at radius 1 is 0.368 bits per heavy atom. The molecule has 1 aliphatic carbocycles. The smallest absolute Gasteiger partial charge is 0.178 e. The van der Waals surface area contributed by atoms with Gasteiger partial charge in [-0.15, -0.1) is 42.6 Å². The minimum Gasteiger partial charge on any atom is -0.178 e. The molecule has 3 aliphatic rings. The van der Waals surface area contributed by atoms with E-state index in [0.29, 0.717) is 0 Å². The molecule has 0 saturated heterocycles. The van der Waals surface area contributed by atoms with Gasteiger partial charge in [0.1, 0.15) is 0 Å². The number of hydrogen-bond donors (Lipinski definition) is 0. The van der Waals surface area contributed by atoms with Gasteiger partial charge >= 0.3 is 31.3 Å². The SMILES string of the molecule is FP1(F)=NP(F)(F)=NP(F)(C2=C(c3ccccc3)C(P3(F)=NP(F)(F)=NP(F)(F)=N3)=C2c2ccccc2)=N1. The van der Waals surface area contributed by atoms with Crippen molar-refractivity contribution < 1.29 is 42.0 Å². The zero-order chi connectivity index (χ0) is 27.8. The summed E-state index contributed by atoms with van der Waals surface area (Å²) in [6, 6.07) is 12.6. The summed E-state index contributed by atoms with van der Waals surface area (Å²) in [6.07, 6.45) is 0. The van der Waals surface area contributed by atoms with Crippen molar-refractivity contribution in [2.45, 2.75) is 0 Å². The highest BCUT2D eigenvalue weighted by Crippen LogP contribution is 2.91. The lowest BCUT2D eigenvalue weighted by Gasteiger charge is -2.36. The first-order chi connectivity index (χ1) is 17.5. The van der Waals surface area contributed by atoms with E-state index in [2.05, 4.69) is 18.1 Å². The number of benzene rings is 2. The molecule has 2 atom stereocenters. The summed E-state index contributed by atoms with van der Waals surface area (Å²) in [6.45, 7) is 0. The third kappa shape index (κ3) is 5.21. The number of rotatable bonds is 4. The van der Waals surface area contributed by atoms with E-state index in [-0.39, 0.29) is 11.1 Å². The summed E-state index contributed by atoms with van der Waals surface area (Å²) in [5.74, 6) is 0. The number of hydrogen-bond acceptors (Lipinski definition) is 6. The van der Waals surface area contributed by atoms with E-state index < -0.39 is 68.1 Å². The predicted octanol–water partition coefficient (Wildman–Crippen LogP) is 14.4. The summed E-state index contributed by atoms with van der Waals surface area (Å²) >= 11 is 0. The lowest BCUT2D eigenvalue weighted by Crippen LogP contribution is -2.11. The lowest BCUT2D eigenvalue weighted by molar-refractivity contribution is 0.694. The van der Waals surface area contributed by atoms with Gasteiger partial charge in [-0.3, -0.25) is 0 Å². The van der Waals surface area contributed by atoms with E-state index in [1.807, 2.05) is 9.03 Å².